The van der Waals surface area contributed by atoms with Crippen molar-refractivity contribution < 1.29 is 22.7 Å². The van der Waals surface area contributed by atoms with E-state index in [1.165, 1.54) is 25.1 Å². The predicted octanol–water partition coefficient (Wildman–Crippen LogP) is 0.718. The Bertz CT molecular complexity index is 515. The Labute approximate surface area is 98.3 Å². The molecule has 0 aliphatic heterocycles. The molecule has 0 heterocycles. The summed E-state index contributed by atoms with van der Waals surface area (Å²) in [4.78, 5) is 10.5. The summed E-state index contributed by atoms with van der Waals surface area (Å²) in [5.41, 5.74) is 0.259. The van der Waals surface area contributed by atoms with Crippen LogP contribution in [0.4, 0.5) is 4.39 Å². The van der Waals surface area contributed by atoms with Crippen LogP contribution in [-0.4, -0.2) is 25.5 Å². The van der Waals surface area contributed by atoms with Gasteiger partial charge in [-0.2, -0.15) is 0 Å². The summed E-state index contributed by atoms with van der Waals surface area (Å²) in [6.45, 7) is 1.21. The van der Waals surface area contributed by atoms with Gasteiger partial charge in [0.15, 0.2) is 0 Å². The average Bonchev–Trinajstić information content (AvgIpc) is 2.15. The molecule has 7 heteroatoms. The third kappa shape index (κ3) is 4.49. The number of benzene rings is 1. The van der Waals surface area contributed by atoms with Crippen molar-refractivity contribution in [3.05, 3.63) is 35.6 Å². The predicted molar refractivity (Wildman–Crippen MR) is 59.3 cm³/mol. The highest BCUT2D eigenvalue weighted by Gasteiger charge is 2.19. The third-order valence-electron chi connectivity index (χ3n) is 1.97. The smallest absolute Gasteiger partial charge is 0.321 e. The number of hydrogen-bond donors (Lipinski definition) is 2. The Morgan fingerprint density at radius 2 is 2.18 bits per heavy atom. The summed E-state index contributed by atoms with van der Waals surface area (Å²) in [7, 11) is -3.79. The Morgan fingerprint density at radius 1 is 1.53 bits per heavy atom. The van der Waals surface area contributed by atoms with Crippen LogP contribution in [0.25, 0.3) is 0 Å². The van der Waals surface area contributed by atoms with Gasteiger partial charge in [0.2, 0.25) is 10.0 Å². The van der Waals surface area contributed by atoms with Crippen molar-refractivity contribution in [2.45, 2.75) is 18.7 Å². The molecule has 1 aromatic rings. The minimum absolute atomic E-state index is 0.259. The number of hydrogen-bond acceptors (Lipinski definition) is 3. The lowest BCUT2D eigenvalue weighted by molar-refractivity contribution is -0.138. The molecule has 0 unspecified atom stereocenters. The number of rotatable bonds is 5. The highest BCUT2D eigenvalue weighted by Crippen LogP contribution is 2.07. The van der Waals surface area contributed by atoms with Gasteiger partial charge in [0, 0.05) is 0 Å². The number of nitrogens with one attached hydrogen (secondary N) is 1. The van der Waals surface area contributed by atoms with Crippen LogP contribution >= 0.6 is 0 Å². The van der Waals surface area contributed by atoms with E-state index in [0.29, 0.717) is 0 Å². The lowest BCUT2D eigenvalue weighted by atomic mass is 10.2. The van der Waals surface area contributed by atoms with Crippen molar-refractivity contribution in [3.8, 4) is 0 Å². The van der Waals surface area contributed by atoms with Crippen molar-refractivity contribution in [2.24, 2.45) is 0 Å². The second-order valence-electron chi connectivity index (χ2n) is 3.57. The molecular weight excluding hydrogens is 249 g/mol. The third-order valence-corrected chi connectivity index (χ3v) is 3.40. The fourth-order valence-electron chi connectivity index (χ4n) is 1.21. The lowest BCUT2D eigenvalue weighted by Crippen LogP contribution is -2.38. The van der Waals surface area contributed by atoms with Crippen molar-refractivity contribution >= 4 is 16.0 Å². The molecule has 94 valence electrons. The minimum atomic E-state index is -3.79. The first kappa shape index (κ1) is 13.6. The maximum atomic E-state index is 12.8. The molecule has 0 spiro atoms. The minimum Gasteiger partial charge on any atom is -0.480 e. The largest absolute Gasteiger partial charge is 0.480 e. The van der Waals surface area contributed by atoms with Gasteiger partial charge in [-0.15, -0.1) is 0 Å². The molecule has 1 atom stereocenters. The Balaban J connectivity index is 2.77. The van der Waals surface area contributed by atoms with Crippen molar-refractivity contribution in [3.63, 3.8) is 0 Å². The highest BCUT2D eigenvalue weighted by atomic mass is 32.2. The van der Waals surface area contributed by atoms with Gasteiger partial charge in [-0.05, 0) is 24.6 Å². The summed E-state index contributed by atoms with van der Waals surface area (Å²) < 4.78 is 37.9. The summed E-state index contributed by atoms with van der Waals surface area (Å²) in [6.07, 6.45) is 0. The molecule has 0 aromatic heterocycles. The number of sulfonamides is 1. The molecule has 0 aliphatic carbocycles. The molecule has 0 aliphatic rings. The van der Waals surface area contributed by atoms with Crippen LogP contribution in [-0.2, 0) is 20.6 Å². The maximum Gasteiger partial charge on any atom is 0.321 e. The van der Waals surface area contributed by atoms with E-state index in [0.717, 1.165) is 6.07 Å². The van der Waals surface area contributed by atoms with E-state index in [9.17, 15) is 17.6 Å². The van der Waals surface area contributed by atoms with Crippen LogP contribution in [0.2, 0.25) is 0 Å². The summed E-state index contributed by atoms with van der Waals surface area (Å²) in [6, 6.07) is 3.91. The molecule has 17 heavy (non-hydrogen) atoms. The van der Waals surface area contributed by atoms with Crippen LogP contribution in [0.3, 0.4) is 0 Å². The first-order valence-corrected chi connectivity index (χ1v) is 6.42. The number of halogens is 1. The van der Waals surface area contributed by atoms with E-state index in [-0.39, 0.29) is 5.56 Å². The molecule has 0 radical (unpaired) electrons. The van der Waals surface area contributed by atoms with Crippen LogP contribution in [0, 0.1) is 5.82 Å². The van der Waals surface area contributed by atoms with Crippen LogP contribution in [0.1, 0.15) is 12.5 Å². The monoisotopic (exact) mass is 261 g/mol. The zero-order valence-electron chi connectivity index (χ0n) is 9.05. The SMILES string of the molecule is C[C@@H](NS(=O)(=O)Cc1cccc(F)c1)C(=O)O. The molecule has 0 saturated carbocycles. The van der Waals surface area contributed by atoms with Gasteiger partial charge in [-0.25, -0.2) is 17.5 Å². The van der Waals surface area contributed by atoms with Gasteiger partial charge in [0.25, 0.3) is 0 Å². The van der Waals surface area contributed by atoms with Gasteiger partial charge in [0.1, 0.15) is 11.9 Å². The first-order chi connectivity index (χ1) is 7.80. The summed E-state index contributed by atoms with van der Waals surface area (Å²) >= 11 is 0. The fourth-order valence-corrected chi connectivity index (χ4v) is 2.55. The number of carboxylic acid groups (broad SMARTS) is 1. The second-order valence-corrected chi connectivity index (χ2v) is 5.32. The van der Waals surface area contributed by atoms with Crippen molar-refractivity contribution in [1.82, 2.24) is 4.72 Å². The standard InChI is InChI=1S/C10H12FNO4S/c1-7(10(13)14)12-17(15,16)6-8-3-2-4-9(11)5-8/h2-5,7,12H,6H2,1H3,(H,13,14)/t7-/m1/s1. The van der Waals surface area contributed by atoms with Gasteiger partial charge >= 0.3 is 5.97 Å². The van der Waals surface area contributed by atoms with E-state index in [1.54, 1.807) is 0 Å². The maximum absolute atomic E-state index is 12.8. The van der Waals surface area contributed by atoms with Gasteiger partial charge < -0.3 is 5.11 Å². The summed E-state index contributed by atoms with van der Waals surface area (Å²) in [5, 5.41) is 8.57. The highest BCUT2D eigenvalue weighted by molar-refractivity contribution is 7.88. The second kappa shape index (κ2) is 5.24. The first-order valence-electron chi connectivity index (χ1n) is 4.77. The van der Waals surface area contributed by atoms with Crippen molar-refractivity contribution in [1.29, 1.82) is 0 Å². The van der Waals surface area contributed by atoms with E-state index < -0.39 is 33.6 Å². The molecule has 2 N–H and O–H groups in total. The molecule has 0 amide bonds. The molecule has 0 saturated heterocycles. The zero-order valence-corrected chi connectivity index (χ0v) is 9.87. The van der Waals surface area contributed by atoms with Crippen LogP contribution < -0.4 is 4.72 Å². The Kier molecular flexibility index (Phi) is 4.19. The van der Waals surface area contributed by atoms with Crippen LogP contribution in [0.5, 0.6) is 0 Å². The number of carbonyl (C=O) groups is 1. The lowest BCUT2D eigenvalue weighted by Gasteiger charge is -2.10. The molecule has 5 nitrogen and oxygen atoms in total. The van der Waals surface area contributed by atoms with E-state index in [2.05, 4.69) is 0 Å². The number of aliphatic carboxylic acids is 1. The van der Waals surface area contributed by atoms with E-state index in [1.807, 2.05) is 4.72 Å². The molecule has 1 aromatic carbocycles. The van der Waals surface area contributed by atoms with Gasteiger partial charge in [-0.3, -0.25) is 4.79 Å². The Hall–Kier alpha value is -1.47. The van der Waals surface area contributed by atoms with E-state index in [4.69, 9.17) is 5.11 Å². The van der Waals surface area contributed by atoms with E-state index >= 15 is 0 Å². The fraction of sp³-hybridized carbons (Fsp3) is 0.300. The van der Waals surface area contributed by atoms with Crippen molar-refractivity contribution in [2.75, 3.05) is 0 Å². The van der Waals surface area contributed by atoms with Gasteiger partial charge in [-0.1, -0.05) is 12.1 Å². The van der Waals surface area contributed by atoms with Crippen LogP contribution in [0.15, 0.2) is 24.3 Å². The normalized spacial score (nSPS) is 13.3. The number of carboxylic acids is 1. The molecule has 1 rings (SSSR count). The average molecular weight is 261 g/mol. The van der Waals surface area contributed by atoms with Gasteiger partial charge in [0.05, 0.1) is 5.75 Å². The quantitative estimate of drug-likeness (QED) is 0.818. The summed E-state index contributed by atoms with van der Waals surface area (Å²) in [5.74, 6) is -2.26. The Morgan fingerprint density at radius 3 is 2.71 bits per heavy atom. The topological polar surface area (TPSA) is 83.5 Å². The molecule has 0 fully saturated rings. The zero-order chi connectivity index (χ0) is 13.1. The molecular formula is C10H12FNO4S. The molecule has 0 bridgehead atoms.